The van der Waals surface area contributed by atoms with Crippen molar-refractivity contribution in [3.05, 3.63) is 17.4 Å². The third kappa shape index (κ3) is 3.15. The summed E-state index contributed by atoms with van der Waals surface area (Å²) in [6, 6.07) is 0.398. The van der Waals surface area contributed by atoms with E-state index in [4.69, 9.17) is 11.6 Å². The van der Waals surface area contributed by atoms with E-state index >= 15 is 0 Å². The summed E-state index contributed by atoms with van der Waals surface area (Å²) in [5.41, 5.74) is 0. The number of rotatable bonds is 3. The topological polar surface area (TPSA) is 53.9 Å². The van der Waals surface area contributed by atoms with Gasteiger partial charge < -0.3 is 10.2 Å². The maximum absolute atomic E-state index is 6.00. The van der Waals surface area contributed by atoms with Gasteiger partial charge >= 0.3 is 0 Å². The third-order valence-electron chi connectivity index (χ3n) is 3.59. The molecule has 2 aliphatic rings. The molecule has 1 fully saturated rings. The van der Waals surface area contributed by atoms with Crippen LogP contribution in [0.3, 0.4) is 0 Å². The molecule has 1 aliphatic heterocycles. The largest absolute Gasteiger partial charge is 0.351 e. The Morgan fingerprint density at radius 3 is 2.74 bits per heavy atom. The molecule has 2 heterocycles. The van der Waals surface area contributed by atoms with Crippen molar-refractivity contribution in [2.75, 3.05) is 23.3 Å². The van der Waals surface area contributed by atoms with E-state index in [1.807, 2.05) is 0 Å². The quantitative estimate of drug-likeness (QED) is 0.862. The Hall–Kier alpha value is -1.36. The summed E-state index contributed by atoms with van der Waals surface area (Å²) in [5, 5.41) is 3.63. The fraction of sp³-hybridized carbons (Fsp3) is 0.615. The molecule has 1 atom stereocenters. The molecule has 0 bridgehead atoms. The summed E-state index contributed by atoms with van der Waals surface area (Å²) >= 11 is 6.00. The van der Waals surface area contributed by atoms with Gasteiger partial charge in [-0.25, -0.2) is 0 Å². The van der Waals surface area contributed by atoms with Crippen LogP contribution in [0.1, 0.15) is 32.1 Å². The second-order valence-corrected chi connectivity index (χ2v) is 5.39. The van der Waals surface area contributed by atoms with Gasteiger partial charge in [-0.15, -0.1) is 0 Å². The Kier molecular flexibility index (Phi) is 3.82. The monoisotopic (exact) mass is 279 g/mol. The van der Waals surface area contributed by atoms with Crippen LogP contribution >= 0.6 is 11.6 Å². The van der Waals surface area contributed by atoms with Gasteiger partial charge in [0.15, 0.2) is 0 Å². The molecule has 0 amide bonds. The molecule has 0 aromatic carbocycles. The number of hydrogen-bond acceptors (Lipinski definition) is 5. The Labute approximate surface area is 118 Å². The Morgan fingerprint density at radius 1 is 1.16 bits per heavy atom. The molecule has 6 heteroatoms. The summed E-state index contributed by atoms with van der Waals surface area (Å²) < 4.78 is 0. The SMILES string of the molecule is Clc1nc(NC2CC=CCC2)nc(N2CCCC2)n1. The van der Waals surface area contributed by atoms with Crippen molar-refractivity contribution in [3.63, 3.8) is 0 Å². The lowest BCUT2D eigenvalue weighted by Crippen LogP contribution is -2.25. The average Bonchev–Trinajstić information content (AvgIpc) is 2.93. The molecule has 1 unspecified atom stereocenters. The molecule has 0 radical (unpaired) electrons. The van der Waals surface area contributed by atoms with E-state index in [1.165, 1.54) is 12.8 Å². The zero-order valence-corrected chi connectivity index (χ0v) is 11.6. The molecular formula is C13H18ClN5. The second-order valence-electron chi connectivity index (χ2n) is 5.05. The van der Waals surface area contributed by atoms with E-state index in [9.17, 15) is 0 Å². The number of nitrogens with one attached hydrogen (secondary N) is 1. The average molecular weight is 280 g/mol. The zero-order chi connectivity index (χ0) is 13.1. The smallest absolute Gasteiger partial charge is 0.231 e. The highest BCUT2D eigenvalue weighted by molar-refractivity contribution is 6.28. The predicted octanol–water partition coefficient (Wildman–Crippen LogP) is 2.65. The van der Waals surface area contributed by atoms with Gasteiger partial charge in [-0.1, -0.05) is 12.2 Å². The first-order valence-corrected chi connectivity index (χ1v) is 7.27. The van der Waals surface area contributed by atoms with Crippen LogP contribution in [0, 0.1) is 0 Å². The summed E-state index contributed by atoms with van der Waals surface area (Å²) in [5.74, 6) is 1.30. The van der Waals surface area contributed by atoms with Crippen molar-refractivity contribution < 1.29 is 0 Å². The minimum Gasteiger partial charge on any atom is -0.351 e. The van der Waals surface area contributed by atoms with Crippen LogP contribution in [0.4, 0.5) is 11.9 Å². The van der Waals surface area contributed by atoms with Crippen LogP contribution in [0.25, 0.3) is 0 Å². The fourth-order valence-electron chi connectivity index (χ4n) is 2.57. The van der Waals surface area contributed by atoms with Gasteiger partial charge in [-0.05, 0) is 43.7 Å². The predicted molar refractivity (Wildman–Crippen MR) is 76.7 cm³/mol. The summed E-state index contributed by atoms with van der Waals surface area (Å²) in [4.78, 5) is 15.1. The van der Waals surface area contributed by atoms with Gasteiger partial charge in [-0.3, -0.25) is 0 Å². The highest BCUT2D eigenvalue weighted by atomic mass is 35.5. The van der Waals surface area contributed by atoms with Gasteiger partial charge in [0, 0.05) is 19.1 Å². The van der Waals surface area contributed by atoms with Crippen molar-refractivity contribution >= 4 is 23.5 Å². The van der Waals surface area contributed by atoms with Crippen molar-refractivity contribution in [1.82, 2.24) is 15.0 Å². The van der Waals surface area contributed by atoms with E-state index in [1.54, 1.807) is 0 Å². The van der Waals surface area contributed by atoms with Crippen LogP contribution in [0.5, 0.6) is 0 Å². The number of allylic oxidation sites excluding steroid dienone is 1. The molecule has 5 nitrogen and oxygen atoms in total. The van der Waals surface area contributed by atoms with E-state index in [0.717, 1.165) is 32.4 Å². The molecule has 0 spiro atoms. The van der Waals surface area contributed by atoms with Crippen LogP contribution in [-0.2, 0) is 0 Å². The van der Waals surface area contributed by atoms with E-state index in [2.05, 4.69) is 37.3 Å². The summed E-state index contributed by atoms with van der Waals surface area (Å²) in [6.45, 7) is 2.01. The molecule has 1 N–H and O–H groups in total. The summed E-state index contributed by atoms with van der Waals surface area (Å²) in [6.07, 6.45) is 10.0. The van der Waals surface area contributed by atoms with Crippen LogP contribution in [0.2, 0.25) is 5.28 Å². The second kappa shape index (κ2) is 5.74. The lowest BCUT2D eigenvalue weighted by molar-refractivity contribution is 0.638. The van der Waals surface area contributed by atoms with Gasteiger partial charge in [0.1, 0.15) is 0 Å². The fourth-order valence-corrected chi connectivity index (χ4v) is 2.73. The van der Waals surface area contributed by atoms with E-state index in [0.29, 0.717) is 17.9 Å². The maximum atomic E-state index is 6.00. The van der Waals surface area contributed by atoms with Gasteiger partial charge in [-0.2, -0.15) is 15.0 Å². The number of nitrogens with zero attached hydrogens (tertiary/aromatic N) is 4. The van der Waals surface area contributed by atoms with Crippen LogP contribution < -0.4 is 10.2 Å². The minimum absolute atomic E-state index is 0.269. The van der Waals surface area contributed by atoms with Gasteiger partial charge in [0.2, 0.25) is 17.2 Å². The Balaban J connectivity index is 1.75. The molecule has 19 heavy (non-hydrogen) atoms. The maximum Gasteiger partial charge on any atom is 0.231 e. The van der Waals surface area contributed by atoms with E-state index in [-0.39, 0.29) is 5.28 Å². The normalized spacial score (nSPS) is 22.8. The van der Waals surface area contributed by atoms with Crippen molar-refractivity contribution in [1.29, 1.82) is 0 Å². The molecule has 0 saturated carbocycles. The number of hydrogen-bond donors (Lipinski definition) is 1. The van der Waals surface area contributed by atoms with Gasteiger partial charge in [0.25, 0.3) is 0 Å². The summed E-state index contributed by atoms with van der Waals surface area (Å²) in [7, 11) is 0. The third-order valence-corrected chi connectivity index (χ3v) is 3.76. The van der Waals surface area contributed by atoms with Crippen molar-refractivity contribution in [3.8, 4) is 0 Å². The first kappa shape index (κ1) is 12.7. The molecule has 1 saturated heterocycles. The van der Waals surface area contributed by atoms with E-state index < -0.39 is 0 Å². The lowest BCUT2D eigenvalue weighted by atomic mass is 10.0. The van der Waals surface area contributed by atoms with Crippen LogP contribution in [-0.4, -0.2) is 34.1 Å². The molecule has 1 aromatic heterocycles. The van der Waals surface area contributed by atoms with Crippen molar-refractivity contribution in [2.45, 2.75) is 38.1 Å². The highest BCUT2D eigenvalue weighted by Gasteiger charge is 2.18. The first-order chi connectivity index (χ1) is 9.31. The molecule has 1 aromatic rings. The molecule has 1 aliphatic carbocycles. The zero-order valence-electron chi connectivity index (χ0n) is 10.8. The van der Waals surface area contributed by atoms with Crippen molar-refractivity contribution in [2.24, 2.45) is 0 Å². The Morgan fingerprint density at radius 2 is 2.00 bits per heavy atom. The standard InChI is InChI=1S/C13H18ClN5/c14-11-16-12(15-10-6-2-1-3-7-10)18-13(17-11)19-8-4-5-9-19/h1-2,10H,3-9H2,(H,15,16,17,18). The first-order valence-electron chi connectivity index (χ1n) is 6.89. The Bertz CT molecular complexity index is 470. The number of aromatic nitrogens is 3. The number of halogens is 1. The van der Waals surface area contributed by atoms with Gasteiger partial charge in [0.05, 0.1) is 0 Å². The number of anilines is 2. The molecule has 3 rings (SSSR count). The lowest BCUT2D eigenvalue weighted by Gasteiger charge is -2.20. The van der Waals surface area contributed by atoms with Crippen LogP contribution in [0.15, 0.2) is 12.2 Å². The molecule has 102 valence electrons. The minimum atomic E-state index is 0.269. The highest BCUT2D eigenvalue weighted by Crippen LogP contribution is 2.20. The molecular weight excluding hydrogens is 262 g/mol.